The average molecular weight is 211 g/mol. The molecule has 1 N–H and O–H groups in total. The molecule has 0 atom stereocenters. The van der Waals surface area contributed by atoms with E-state index in [2.05, 4.69) is 10.1 Å². The fraction of sp³-hybridized carbons (Fsp3) is 0.143. The molecule has 0 unspecified atom stereocenters. The minimum absolute atomic E-state index is 0.00727. The molecule has 0 saturated carbocycles. The Kier molecular flexibility index (Phi) is 2.18. The van der Waals surface area contributed by atoms with Gasteiger partial charge in [0.1, 0.15) is 11.5 Å². The summed E-state index contributed by atoms with van der Waals surface area (Å²) in [7, 11) is 0. The van der Waals surface area contributed by atoms with Crippen molar-refractivity contribution in [2.75, 3.05) is 0 Å². The van der Waals surface area contributed by atoms with Gasteiger partial charge >= 0.3 is 5.88 Å². The molecule has 0 fully saturated rings. The van der Waals surface area contributed by atoms with Gasteiger partial charge in [0.25, 0.3) is 5.89 Å². The van der Waals surface area contributed by atoms with Crippen molar-refractivity contribution in [3.8, 4) is 11.7 Å². The number of rotatable bonds is 3. The largest absolute Gasteiger partial charge is 0.433 e. The molecular weight excluding hydrogens is 206 g/mol. The van der Waals surface area contributed by atoms with E-state index in [-0.39, 0.29) is 24.1 Å². The number of aromatic nitrogens is 2. The average Bonchev–Trinajstić information content (AvgIpc) is 2.86. The van der Waals surface area contributed by atoms with Crippen molar-refractivity contribution in [1.82, 2.24) is 10.1 Å². The Bertz CT molecular complexity index is 488. The highest BCUT2D eigenvalue weighted by molar-refractivity contribution is 5.46. The van der Waals surface area contributed by atoms with E-state index in [1.54, 1.807) is 0 Å². The molecule has 0 aromatic carbocycles. The smallest absolute Gasteiger partial charge is 0.395 e. The Morgan fingerprint density at radius 1 is 1.53 bits per heavy atom. The van der Waals surface area contributed by atoms with Crippen LogP contribution in [-0.4, -0.2) is 20.2 Å². The number of hydrogen-bond acceptors (Lipinski definition) is 7. The van der Waals surface area contributed by atoms with E-state index in [4.69, 9.17) is 14.0 Å². The van der Waals surface area contributed by atoms with Crippen LogP contribution in [-0.2, 0) is 6.61 Å². The lowest BCUT2D eigenvalue weighted by Crippen LogP contribution is -1.84. The van der Waals surface area contributed by atoms with Gasteiger partial charge in [0.15, 0.2) is 11.6 Å². The first kappa shape index (κ1) is 9.34. The topological polar surface area (TPSA) is 115 Å². The van der Waals surface area contributed by atoms with Gasteiger partial charge < -0.3 is 14.0 Å². The third-order valence-electron chi connectivity index (χ3n) is 1.59. The highest BCUT2D eigenvalue weighted by Crippen LogP contribution is 2.24. The van der Waals surface area contributed by atoms with Crippen molar-refractivity contribution >= 4 is 5.88 Å². The second-order valence-electron chi connectivity index (χ2n) is 2.57. The van der Waals surface area contributed by atoms with E-state index in [1.165, 1.54) is 12.1 Å². The summed E-state index contributed by atoms with van der Waals surface area (Å²) >= 11 is 0. The molecule has 2 aromatic rings. The molecule has 0 aliphatic carbocycles. The Morgan fingerprint density at radius 2 is 2.33 bits per heavy atom. The Labute approximate surface area is 82.3 Å². The van der Waals surface area contributed by atoms with Crippen LogP contribution >= 0.6 is 0 Å². The maximum Gasteiger partial charge on any atom is 0.433 e. The minimum Gasteiger partial charge on any atom is -0.395 e. The zero-order valence-corrected chi connectivity index (χ0v) is 7.28. The Balaban J connectivity index is 2.32. The predicted molar refractivity (Wildman–Crippen MR) is 44.6 cm³/mol. The van der Waals surface area contributed by atoms with Gasteiger partial charge in [0, 0.05) is 0 Å². The first-order valence-corrected chi connectivity index (χ1v) is 3.88. The summed E-state index contributed by atoms with van der Waals surface area (Å²) in [5.74, 6) is -0.237. The van der Waals surface area contributed by atoms with E-state index >= 15 is 0 Å². The number of aliphatic hydroxyl groups is 1. The molecule has 0 bridgehead atoms. The minimum atomic E-state index is -0.674. The van der Waals surface area contributed by atoms with Crippen molar-refractivity contribution in [2.45, 2.75) is 6.61 Å². The van der Waals surface area contributed by atoms with Crippen molar-refractivity contribution in [3.05, 3.63) is 28.1 Å². The fourth-order valence-electron chi connectivity index (χ4n) is 0.959. The first-order valence-electron chi connectivity index (χ1n) is 3.88. The lowest BCUT2D eigenvalue weighted by atomic mass is 10.4. The summed E-state index contributed by atoms with van der Waals surface area (Å²) in [5.41, 5.74) is 0. The lowest BCUT2D eigenvalue weighted by Gasteiger charge is -1.84. The SMILES string of the molecule is O=[N+]([O-])c1ccc(-c2nc(CO)no2)o1. The van der Waals surface area contributed by atoms with Crippen LogP contribution < -0.4 is 0 Å². The fourth-order valence-corrected chi connectivity index (χ4v) is 0.959. The number of furan rings is 1. The van der Waals surface area contributed by atoms with Gasteiger partial charge in [-0.3, -0.25) is 10.1 Å². The summed E-state index contributed by atoms with van der Waals surface area (Å²) < 4.78 is 9.51. The molecule has 0 saturated heterocycles. The Hall–Kier alpha value is -2.22. The van der Waals surface area contributed by atoms with Gasteiger partial charge in [-0.05, 0) is 6.07 Å². The first-order chi connectivity index (χ1) is 7.20. The van der Waals surface area contributed by atoms with Crippen LogP contribution in [0, 0.1) is 10.1 Å². The Morgan fingerprint density at radius 3 is 2.87 bits per heavy atom. The molecule has 8 heteroatoms. The zero-order valence-electron chi connectivity index (χ0n) is 7.28. The lowest BCUT2D eigenvalue weighted by molar-refractivity contribution is -0.401. The molecule has 0 spiro atoms. The summed E-state index contributed by atoms with van der Waals surface area (Å²) in [6.07, 6.45) is 0. The van der Waals surface area contributed by atoms with Crippen LogP contribution in [0.3, 0.4) is 0 Å². The molecule has 0 aliphatic rings. The molecule has 2 heterocycles. The summed E-state index contributed by atoms with van der Waals surface area (Å²) in [5, 5.41) is 22.4. The molecule has 8 nitrogen and oxygen atoms in total. The number of aliphatic hydroxyl groups excluding tert-OH is 1. The second kappa shape index (κ2) is 3.50. The van der Waals surface area contributed by atoms with Gasteiger partial charge in [0.2, 0.25) is 0 Å². The van der Waals surface area contributed by atoms with E-state index in [1.807, 2.05) is 0 Å². The molecule has 0 radical (unpaired) electrons. The van der Waals surface area contributed by atoms with E-state index in [9.17, 15) is 10.1 Å². The molecule has 0 amide bonds. The predicted octanol–water partition coefficient (Wildman–Crippen LogP) is 0.730. The number of nitro groups is 1. The maximum atomic E-state index is 10.3. The van der Waals surface area contributed by atoms with Crippen molar-refractivity contribution in [1.29, 1.82) is 0 Å². The van der Waals surface area contributed by atoms with Crippen LogP contribution in [0.4, 0.5) is 5.88 Å². The van der Waals surface area contributed by atoms with Gasteiger partial charge in [-0.2, -0.15) is 4.98 Å². The maximum absolute atomic E-state index is 10.3. The molecule has 2 rings (SSSR count). The summed E-state index contributed by atoms with van der Waals surface area (Å²) in [6, 6.07) is 2.52. The standard InChI is InChI=1S/C7H5N3O5/c11-3-5-8-7(15-9-5)4-1-2-6(14-4)10(12)13/h1-2,11H,3H2. The molecule has 0 aliphatic heterocycles. The quantitative estimate of drug-likeness (QED) is 0.587. The van der Waals surface area contributed by atoms with E-state index < -0.39 is 10.8 Å². The highest BCUT2D eigenvalue weighted by Gasteiger charge is 2.17. The van der Waals surface area contributed by atoms with Gasteiger partial charge in [-0.15, -0.1) is 0 Å². The van der Waals surface area contributed by atoms with Crippen molar-refractivity contribution in [3.63, 3.8) is 0 Å². The summed E-state index contributed by atoms with van der Waals surface area (Å²) in [4.78, 5) is 13.4. The van der Waals surface area contributed by atoms with Crippen LogP contribution in [0.5, 0.6) is 0 Å². The number of hydrogen-bond donors (Lipinski definition) is 1. The van der Waals surface area contributed by atoms with Crippen LogP contribution in [0.1, 0.15) is 5.82 Å². The van der Waals surface area contributed by atoms with Crippen molar-refractivity contribution in [2.24, 2.45) is 0 Å². The third kappa shape index (κ3) is 1.70. The molecule has 15 heavy (non-hydrogen) atoms. The van der Waals surface area contributed by atoms with Crippen LogP contribution in [0.2, 0.25) is 0 Å². The third-order valence-corrected chi connectivity index (χ3v) is 1.59. The zero-order chi connectivity index (χ0) is 10.8. The van der Waals surface area contributed by atoms with Gasteiger partial charge in [-0.1, -0.05) is 5.16 Å². The molecule has 78 valence electrons. The van der Waals surface area contributed by atoms with Crippen molar-refractivity contribution < 1.29 is 19.0 Å². The summed E-state index contributed by atoms with van der Waals surface area (Å²) in [6.45, 7) is -0.369. The monoisotopic (exact) mass is 211 g/mol. The van der Waals surface area contributed by atoms with Gasteiger partial charge in [0.05, 0.1) is 6.07 Å². The van der Waals surface area contributed by atoms with E-state index in [0.29, 0.717) is 0 Å². The molecular formula is C7H5N3O5. The highest BCUT2D eigenvalue weighted by atomic mass is 16.6. The van der Waals surface area contributed by atoms with E-state index in [0.717, 1.165) is 0 Å². The van der Waals surface area contributed by atoms with Crippen LogP contribution in [0.25, 0.3) is 11.7 Å². The molecule has 2 aromatic heterocycles. The second-order valence-corrected chi connectivity index (χ2v) is 2.57. The number of nitrogens with zero attached hydrogens (tertiary/aromatic N) is 3. The van der Waals surface area contributed by atoms with Crippen LogP contribution in [0.15, 0.2) is 21.1 Å². The van der Waals surface area contributed by atoms with Gasteiger partial charge in [-0.25, -0.2) is 0 Å². The normalized spacial score (nSPS) is 10.5.